The van der Waals surface area contributed by atoms with Crippen LogP contribution in [-0.2, 0) is 11.3 Å². The molecule has 0 unspecified atom stereocenters. The van der Waals surface area contributed by atoms with Crippen molar-refractivity contribution < 1.29 is 4.79 Å². The smallest absolute Gasteiger partial charge is 0.227 e. The predicted octanol–water partition coefficient (Wildman–Crippen LogP) is 3.10. The average molecular weight is 273 g/mol. The molecular weight excluding hydrogens is 258 g/mol. The summed E-state index contributed by atoms with van der Waals surface area (Å²) >= 11 is 1.63. The molecule has 1 aliphatic carbocycles. The molecule has 1 aromatic heterocycles. The Labute approximate surface area is 115 Å². The van der Waals surface area contributed by atoms with Crippen molar-refractivity contribution in [3.8, 4) is 0 Å². The van der Waals surface area contributed by atoms with Gasteiger partial charge in [0.05, 0.1) is 12.1 Å². The Morgan fingerprint density at radius 3 is 2.63 bits per heavy atom. The summed E-state index contributed by atoms with van der Waals surface area (Å²) in [6.07, 6.45) is 3.92. The molecule has 1 saturated carbocycles. The first-order valence-corrected chi connectivity index (χ1v) is 7.21. The van der Waals surface area contributed by atoms with E-state index in [1.807, 2.05) is 36.0 Å². The van der Waals surface area contributed by atoms with Crippen LogP contribution in [0, 0.1) is 5.92 Å². The van der Waals surface area contributed by atoms with E-state index in [0.717, 1.165) is 30.8 Å². The molecule has 2 N–H and O–H groups in total. The number of nitrogens with zero attached hydrogens (tertiary/aromatic N) is 1. The fourth-order valence-corrected chi connectivity index (χ4v) is 2.31. The molecule has 4 nitrogen and oxygen atoms in total. The van der Waals surface area contributed by atoms with Crippen molar-refractivity contribution in [1.82, 2.24) is 4.98 Å². The Balaban J connectivity index is 1.54. The van der Waals surface area contributed by atoms with E-state index in [1.165, 1.54) is 4.88 Å². The van der Waals surface area contributed by atoms with E-state index in [0.29, 0.717) is 0 Å². The normalized spacial score (nSPS) is 14.1. The third-order valence-electron chi connectivity index (χ3n) is 3.05. The lowest BCUT2D eigenvalue weighted by atomic mass is 10.2. The summed E-state index contributed by atoms with van der Waals surface area (Å²) in [5.74, 6) is 0.384. The monoisotopic (exact) mass is 273 g/mol. The van der Waals surface area contributed by atoms with Gasteiger partial charge in [-0.3, -0.25) is 9.78 Å². The summed E-state index contributed by atoms with van der Waals surface area (Å²) in [5.41, 5.74) is 3.73. The van der Waals surface area contributed by atoms with Gasteiger partial charge in [0.25, 0.3) is 0 Å². The number of carbonyl (C=O) groups excluding carboxylic acids is 1. The zero-order chi connectivity index (χ0) is 13.1. The largest absolute Gasteiger partial charge is 0.380 e. The number of hydrogen-bond acceptors (Lipinski definition) is 4. The van der Waals surface area contributed by atoms with Crippen LogP contribution in [0.2, 0.25) is 0 Å². The number of rotatable bonds is 5. The van der Waals surface area contributed by atoms with Gasteiger partial charge in [0.15, 0.2) is 0 Å². The summed E-state index contributed by atoms with van der Waals surface area (Å²) in [7, 11) is 0. The summed E-state index contributed by atoms with van der Waals surface area (Å²) < 4.78 is 0. The third kappa shape index (κ3) is 3.32. The molecule has 0 atom stereocenters. The highest BCUT2D eigenvalue weighted by Gasteiger charge is 2.29. The molecule has 1 aliphatic rings. The van der Waals surface area contributed by atoms with Crippen LogP contribution in [0.3, 0.4) is 0 Å². The first-order chi connectivity index (χ1) is 9.31. The molecule has 1 heterocycles. The Morgan fingerprint density at radius 1 is 1.26 bits per heavy atom. The quantitative estimate of drug-likeness (QED) is 0.880. The number of benzene rings is 1. The molecule has 3 rings (SSSR count). The minimum atomic E-state index is 0.144. The van der Waals surface area contributed by atoms with E-state index >= 15 is 0 Å². The van der Waals surface area contributed by atoms with Gasteiger partial charge in [-0.15, -0.1) is 11.3 Å². The molecule has 1 aromatic carbocycles. The van der Waals surface area contributed by atoms with E-state index in [9.17, 15) is 4.79 Å². The van der Waals surface area contributed by atoms with Crippen LogP contribution in [0.25, 0.3) is 0 Å². The van der Waals surface area contributed by atoms with E-state index in [4.69, 9.17) is 0 Å². The summed E-state index contributed by atoms with van der Waals surface area (Å²) in [5, 5.41) is 6.25. The van der Waals surface area contributed by atoms with Crippen LogP contribution in [0.5, 0.6) is 0 Å². The van der Waals surface area contributed by atoms with E-state index in [1.54, 1.807) is 11.3 Å². The van der Waals surface area contributed by atoms with Crippen LogP contribution in [0.15, 0.2) is 36.0 Å². The van der Waals surface area contributed by atoms with Gasteiger partial charge >= 0.3 is 0 Å². The van der Waals surface area contributed by atoms with Gasteiger partial charge in [-0.1, -0.05) is 0 Å². The highest BCUT2D eigenvalue weighted by atomic mass is 32.1. The van der Waals surface area contributed by atoms with Crippen molar-refractivity contribution in [3.63, 3.8) is 0 Å². The van der Waals surface area contributed by atoms with Crippen LogP contribution >= 0.6 is 11.3 Å². The molecule has 1 amide bonds. The number of amides is 1. The second kappa shape index (κ2) is 5.40. The van der Waals surface area contributed by atoms with E-state index in [2.05, 4.69) is 15.6 Å². The maximum atomic E-state index is 11.6. The molecule has 98 valence electrons. The number of aromatic nitrogens is 1. The van der Waals surface area contributed by atoms with Crippen molar-refractivity contribution in [3.05, 3.63) is 40.8 Å². The van der Waals surface area contributed by atoms with Crippen LogP contribution in [-0.4, -0.2) is 10.9 Å². The van der Waals surface area contributed by atoms with Crippen molar-refractivity contribution in [1.29, 1.82) is 0 Å². The number of nitrogens with one attached hydrogen (secondary N) is 2. The molecule has 2 aromatic rings. The lowest BCUT2D eigenvalue weighted by molar-refractivity contribution is -0.117. The minimum Gasteiger partial charge on any atom is -0.380 e. The zero-order valence-electron chi connectivity index (χ0n) is 10.4. The van der Waals surface area contributed by atoms with E-state index < -0.39 is 0 Å². The third-order valence-corrected chi connectivity index (χ3v) is 3.83. The second-order valence-electron chi connectivity index (χ2n) is 4.66. The highest BCUT2D eigenvalue weighted by Crippen LogP contribution is 2.30. The topological polar surface area (TPSA) is 54.0 Å². The zero-order valence-corrected chi connectivity index (χ0v) is 11.2. The number of hydrogen-bond donors (Lipinski definition) is 2. The lowest BCUT2D eigenvalue weighted by Gasteiger charge is -2.07. The minimum absolute atomic E-state index is 0.144. The standard InChI is InChI=1S/C14H15N3OS/c18-14(10-1-2-10)17-12-5-3-11(4-6-12)16-8-13-7-15-9-19-13/h3-7,9-10,16H,1-2,8H2,(H,17,18). The molecular formula is C14H15N3OS. The van der Waals surface area contributed by atoms with Gasteiger partial charge in [-0.05, 0) is 37.1 Å². The molecule has 0 saturated heterocycles. The molecule has 0 spiro atoms. The van der Waals surface area contributed by atoms with Crippen molar-refractivity contribution in [2.75, 3.05) is 10.6 Å². The molecule has 0 radical (unpaired) electrons. The van der Waals surface area contributed by atoms with Crippen molar-refractivity contribution >= 4 is 28.6 Å². The Hall–Kier alpha value is -1.88. The Morgan fingerprint density at radius 2 is 2.00 bits per heavy atom. The summed E-state index contributed by atoms with van der Waals surface area (Å²) in [6, 6.07) is 7.80. The van der Waals surface area contributed by atoms with Gasteiger partial charge in [0.2, 0.25) is 5.91 Å². The molecule has 1 fully saturated rings. The van der Waals surface area contributed by atoms with Crippen LogP contribution < -0.4 is 10.6 Å². The van der Waals surface area contributed by atoms with Crippen molar-refractivity contribution in [2.45, 2.75) is 19.4 Å². The van der Waals surface area contributed by atoms with E-state index in [-0.39, 0.29) is 11.8 Å². The van der Waals surface area contributed by atoms with Gasteiger partial charge < -0.3 is 10.6 Å². The SMILES string of the molecule is O=C(Nc1ccc(NCc2cncs2)cc1)C1CC1. The first kappa shape index (κ1) is 12.2. The lowest BCUT2D eigenvalue weighted by Crippen LogP contribution is -2.13. The van der Waals surface area contributed by atoms with Crippen molar-refractivity contribution in [2.24, 2.45) is 5.92 Å². The summed E-state index contributed by atoms with van der Waals surface area (Å²) in [4.78, 5) is 16.8. The fraction of sp³-hybridized carbons (Fsp3) is 0.286. The highest BCUT2D eigenvalue weighted by molar-refractivity contribution is 7.09. The number of thiazole rings is 1. The Kier molecular flexibility index (Phi) is 3.46. The number of anilines is 2. The maximum Gasteiger partial charge on any atom is 0.227 e. The first-order valence-electron chi connectivity index (χ1n) is 6.33. The molecule has 0 bridgehead atoms. The summed E-state index contributed by atoms with van der Waals surface area (Å²) in [6.45, 7) is 0.776. The molecule has 19 heavy (non-hydrogen) atoms. The van der Waals surface area contributed by atoms with Crippen LogP contribution in [0.1, 0.15) is 17.7 Å². The second-order valence-corrected chi connectivity index (χ2v) is 5.63. The average Bonchev–Trinajstić information content (AvgIpc) is 3.16. The van der Waals surface area contributed by atoms with Crippen LogP contribution in [0.4, 0.5) is 11.4 Å². The molecule has 0 aliphatic heterocycles. The predicted molar refractivity (Wildman–Crippen MR) is 77.2 cm³/mol. The maximum absolute atomic E-state index is 11.6. The Bertz CT molecular complexity index is 547. The van der Waals surface area contributed by atoms with Gasteiger partial charge in [0, 0.05) is 28.4 Å². The fourth-order valence-electron chi connectivity index (χ4n) is 1.78. The van der Waals surface area contributed by atoms with Gasteiger partial charge in [-0.2, -0.15) is 0 Å². The van der Waals surface area contributed by atoms with Gasteiger partial charge in [-0.25, -0.2) is 0 Å². The molecule has 5 heteroatoms. The van der Waals surface area contributed by atoms with Gasteiger partial charge in [0.1, 0.15) is 0 Å². The number of carbonyl (C=O) groups is 1.